The van der Waals surface area contributed by atoms with E-state index >= 15 is 0 Å². The van der Waals surface area contributed by atoms with Gasteiger partial charge in [-0.15, -0.1) is 0 Å². The fraction of sp³-hybridized carbons (Fsp3) is 0.440. The quantitative estimate of drug-likeness (QED) is 0.606. The molecule has 0 saturated heterocycles. The van der Waals surface area contributed by atoms with Crippen molar-refractivity contribution in [2.24, 2.45) is 11.3 Å². The number of phenolic OH excluding ortho intramolecular Hbond substituents is 2. The highest BCUT2D eigenvalue weighted by Crippen LogP contribution is 2.42. The summed E-state index contributed by atoms with van der Waals surface area (Å²) in [7, 11) is 0. The van der Waals surface area contributed by atoms with E-state index in [0.717, 1.165) is 12.8 Å². The van der Waals surface area contributed by atoms with Crippen molar-refractivity contribution in [2.75, 3.05) is 0 Å². The standard InChI is InChI=1S/C25H32O2/c1-25(2,3)17-16-24(21-10-14-23(27)15-11-21)20-6-4-18(5-7-20)19-8-12-22(26)13-9-19/h4,8-15,20,24,26-27H,5-7,16-17H2,1-3H3. The average Bonchev–Trinajstić information content (AvgIpc) is 2.64. The second-order valence-corrected chi connectivity index (χ2v) is 9.11. The van der Waals surface area contributed by atoms with Crippen molar-refractivity contribution in [3.8, 4) is 11.5 Å². The first-order valence-electron chi connectivity index (χ1n) is 10.1. The molecule has 1 aliphatic rings. The minimum Gasteiger partial charge on any atom is -0.508 e. The summed E-state index contributed by atoms with van der Waals surface area (Å²) in [6, 6.07) is 15.4. The monoisotopic (exact) mass is 364 g/mol. The second kappa shape index (κ2) is 8.21. The van der Waals surface area contributed by atoms with Gasteiger partial charge in [0.05, 0.1) is 0 Å². The zero-order valence-corrected chi connectivity index (χ0v) is 16.8. The molecule has 0 bridgehead atoms. The molecule has 2 N–H and O–H groups in total. The van der Waals surface area contributed by atoms with Crippen LogP contribution in [0.25, 0.3) is 5.57 Å². The van der Waals surface area contributed by atoms with Crippen molar-refractivity contribution < 1.29 is 10.2 Å². The first-order valence-corrected chi connectivity index (χ1v) is 10.1. The molecule has 0 aromatic heterocycles. The molecular weight excluding hydrogens is 332 g/mol. The Kier molecular flexibility index (Phi) is 5.94. The number of hydrogen-bond acceptors (Lipinski definition) is 2. The fourth-order valence-electron chi connectivity index (χ4n) is 4.14. The van der Waals surface area contributed by atoms with Gasteiger partial charge in [-0.05, 0) is 90.3 Å². The number of hydrogen-bond donors (Lipinski definition) is 2. The largest absolute Gasteiger partial charge is 0.508 e. The number of benzene rings is 2. The molecule has 1 aliphatic carbocycles. The first kappa shape index (κ1) is 19.5. The topological polar surface area (TPSA) is 40.5 Å². The van der Waals surface area contributed by atoms with Gasteiger partial charge in [-0.1, -0.05) is 51.1 Å². The molecule has 0 heterocycles. The summed E-state index contributed by atoms with van der Waals surface area (Å²) in [6.07, 6.45) is 8.13. The predicted molar refractivity (Wildman–Crippen MR) is 113 cm³/mol. The Bertz CT molecular complexity index is 763. The predicted octanol–water partition coefficient (Wildman–Crippen LogP) is 6.89. The Hall–Kier alpha value is -2.22. The molecule has 0 spiro atoms. The maximum atomic E-state index is 9.66. The zero-order valence-electron chi connectivity index (χ0n) is 16.8. The number of allylic oxidation sites excluding steroid dienone is 2. The molecule has 144 valence electrons. The summed E-state index contributed by atoms with van der Waals surface area (Å²) in [5.41, 5.74) is 4.30. The Morgan fingerprint density at radius 1 is 0.926 bits per heavy atom. The third kappa shape index (κ3) is 5.38. The normalized spacial score (nSPS) is 18.8. The molecule has 0 saturated carbocycles. The van der Waals surface area contributed by atoms with E-state index in [-0.39, 0.29) is 0 Å². The molecule has 27 heavy (non-hydrogen) atoms. The summed E-state index contributed by atoms with van der Waals surface area (Å²) in [5, 5.41) is 19.2. The highest BCUT2D eigenvalue weighted by molar-refractivity contribution is 5.66. The molecule has 2 aromatic rings. The van der Waals surface area contributed by atoms with Gasteiger partial charge in [0.2, 0.25) is 0 Å². The van der Waals surface area contributed by atoms with Crippen molar-refractivity contribution in [3.05, 3.63) is 65.7 Å². The van der Waals surface area contributed by atoms with Gasteiger partial charge in [-0.3, -0.25) is 0 Å². The van der Waals surface area contributed by atoms with Crippen LogP contribution >= 0.6 is 0 Å². The van der Waals surface area contributed by atoms with E-state index in [2.05, 4.69) is 39.0 Å². The lowest BCUT2D eigenvalue weighted by Gasteiger charge is -2.32. The van der Waals surface area contributed by atoms with E-state index in [4.69, 9.17) is 0 Å². The Labute approximate surface area is 163 Å². The van der Waals surface area contributed by atoms with Gasteiger partial charge in [-0.25, -0.2) is 0 Å². The summed E-state index contributed by atoms with van der Waals surface area (Å²) in [6.45, 7) is 6.93. The molecule has 0 amide bonds. The lowest BCUT2D eigenvalue weighted by molar-refractivity contribution is 0.300. The number of phenols is 2. The Balaban J connectivity index is 1.76. The van der Waals surface area contributed by atoms with Crippen molar-refractivity contribution in [1.29, 1.82) is 0 Å². The van der Waals surface area contributed by atoms with Crippen molar-refractivity contribution in [3.63, 3.8) is 0 Å². The van der Waals surface area contributed by atoms with Crippen molar-refractivity contribution >= 4 is 5.57 Å². The molecule has 3 rings (SSSR count). The third-order valence-corrected chi connectivity index (χ3v) is 5.79. The minimum atomic E-state index is 0.322. The van der Waals surface area contributed by atoms with Gasteiger partial charge in [-0.2, -0.15) is 0 Å². The van der Waals surface area contributed by atoms with Crippen LogP contribution in [0, 0.1) is 11.3 Å². The van der Waals surface area contributed by atoms with E-state index in [1.54, 1.807) is 12.1 Å². The number of rotatable bonds is 5. The Morgan fingerprint density at radius 2 is 1.52 bits per heavy atom. The van der Waals surface area contributed by atoms with Crippen LogP contribution in [0.1, 0.15) is 69.9 Å². The minimum absolute atomic E-state index is 0.322. The Morgan fingerprint density at radius 3 is 2.04 bits per heavy atom. The van der Waals surface area contributed by atoms with E-state index in [1.807, 2.05) is 24.3 Å². The summed E-state index contributed by atoms with van der Waals surface area (Å²) in [4.78, 5) is 0. The van der Waals surface area contributed by atoms with Gasteiger partial charge < -0.3 is 10.2 Å². The van der Waals surface area contributed by atoms with Crippen LogP contribution in [0.3, 0.4) is 0 Å². The first-order chi connectivity index (χ1) is 12.8. The molecule has 2 heteroatoms. The smallest absolute Gasteiger partial charge is 0.115 e. The van der Waals surface area contributed by atoms with Crippen LogP contribution in [-0.2, 0) is 0 Å². The van der Waals surface area contributed by atoms with Crippen LogP contribution in [-0.4, -0.2) is 10.2 Å². The fourth-order valence-corrected chi connectivity index (χ4v) is 4.14. The lowest BCUT2D eigenvalue weighted by atomic mass is 9.72. The highest BCUT2D eigenvalue weighted by atomic mass is 16.3. The van der Waals surface area contributed by atoms with Gasteiger partial charge in [0.25, 0.3) is 0 Å². The SMILES string of the molecule is CC(C)(C)CCC(c1ccc(O)cc1)C1CC=C(c2ccc(O)cc2)CC1. The van der Waals surface area contributed by atoms with Crippen LogP contribution in [0.4, 0.5) is 0 Å². The molecule has 2 atom stereocenters. The average molecular weight is 365 g/mol. The number of aromatic hydroxyl groups is 2. The summed E-state index contributed by atoms with van der Waals surface area (Å²) < 4.78 is 0. The zero-order chi connectivity index (χ0) is 19.4. The van der Waals surface area contributed by atoms with E-state index in [0.29, 0.717) is 28.7 Å². The maximum Gasteiger partial charge on any atom is 0.115 e. The third-order valence-electron chi connectivity index (χ3n) is 5.79. The van der Waals surface area contributed by atoms with Crippen molar-refractivity contribution in [1.82, 2.24) is 0 Å². The molecular formula is C25H32O2. The van der Waals surface area contributed by atoms with Crippen molar-refractivity contribution in [2.45, 2.75) is 58.8 Å². The summed E-state index contributed by atoms with van der Waals surface area (Å²) in [5.74, 6) is 1.83. The summed E-state index contributed by atoms with van der Waals surface area (Å²) >= 11 is 0. The van der Waals surface area contributed by atoms with Gasteiger partial charge in [0.15, 0.2) is 0 Å². The van der Waals surface area contributed by atoms with Crippen LogP contribution < -0.4 is 0 Å². The van der Waals surface area contributed by atoms with Crippen LogP contribution in [0.5, 0.6) is 11.5 Å². The molecule has 2 nitrogen and oxygen atoms in total. The molecule has 0 aliphatic heterocycles. The highest BCUT2D eigenvalue weighted by Gasteiger charge is 2.27. The second-order valence-electron chi connectivity index (χ2n) is 9.11. The van der Waals surface area contributed by atoms with E-state index < -0.39 is 0 Å². The molecule has 2 unspecified atom stereocenters. The maximum absolute atomic E-state index is 9.66. The van der Waals surface area contributed by atoms with Gasteiger partial charge >= 0.3 is 0 Å². The van der Waals surface area contributed by atoms with Gasteiger partial charge in [0.1, 0.15) is 11.5 Å². The molecule has 0 fully saturated rings. The molecule has 0 radical (unpaired) electrons. The van der Waals surface area contributed by atoms with Crippen LogP contribution in [0.2, 0.25) is 0 Å². The lowest BCUT2D eigenvalue weighted by Crippen LogP contribution is -2.18. The van der Waals surface area contributed by atoms with E-state index in [9.17, 15) is 10.2 Å². The molecule has 2 aromatic carbocycles. The van der Waals surface area contributed by atoms with E-state index in [1.165, 1.54) is 36.0 Å². The van der Waals surface area contributed by atoms with Crippen LogP contribution in [0.15, 0.2) is 54.6 Å². The van der Waals surface area contributed by atoms with Gasteiger partial charge in [0, 0.05) is 0 Å².